The molecule has 0 saturated carbocycles. The molecule has 0 fully saturated rings. The largest absolute Gasteiger partial charge is 0.496 e. The molecule has 1 N–H and O–H groups in total. The van der Waals surface area contributed by atoms with Crippen molar-refractivity contribution in [3.8, 4) is 5.75 Å². The highest BCUT2D eigenvalue weighted by Gasteiger charge is 2.10. The van der Waals surface area contributed by atoms with Gasteiger partial charge >= 0.3 is 5.97 Å². The molecule has 1 unspecified atom stereocenters. The Labute approximate surface area is 102 Å². The van der Waals surface area contributed by atoms with Crippen molar-refractivity contribution in [1.29, 1.82) is 0 Å². The van der Waals surface area contributed by atoms with Crippen LogP contribution in [-0.4, -0.2) is 18.2 Å². The maximum atomic E-state index is 10.6. The summed E-state index contributed by atoms with van der Waals surface area (Å²) in [5.74, 6) is 0.328. The number of aryl methyl sites for hydroxylation is 1. The fourth-order valence-electron chi connectivity index (χ4n) is 2.01. The lowest BCUT2D eigenvalue weighted by Gasteiger charge is -2.12. The lowest BCUT2D eigenvalue weighted by atomic mass is 9.96. The van der Waals surface area contributed by atoms with Crippen molar-refractivity contribution >= 4 is 5.97 Å². The fourth-order valence-corrected chi connectivity index (χ4v) is 2.01. The van der Waals surface area contributed by atoms with Crippen LogP contribution in [0.15, 0.2) is 18.2 Å². The Balaban J connectivity index is 2.75. The summed E-state index contributed by atoms with van der Waals surface area (Å²) in [7, 11) is 1.67. The van der Waals surface area contributed by atoms with Gasteiger partial charge in [-0.25, -0.2) is 0 Å². The number of rotatable bonds is 6. The molecule has 0 spiro atoms. The Morgan fingerprint density at radius 1 is 1.47 bits per heavy atom. The van der Waals surface area contributed by atoms with Crippen LogP contribution in [0, 0.1) is 5.92 Å². The molecule has 0 bridgehead atoms. The monoisotopic (exact) mass is 236 g/mol. The molecule has 0 aromatic heterocycles. The molecule has 1 rings (SSSR count). The Hall–Kier alpha value is -1.51. The Morgan fingerprint density at radius 3 is 2.71 bits per heavy atom. The molecule has 3 heteroatoms. The molecule has 94 valence electrons. The number of aliphatic carboxylic acids is 1. The van der Waals surface area contributed by atoms with E-state index in [-0.39, 0.29) is 12.3 Å². The number of carboxylic acid groups (broad SMARTS) is 1. The first-order valence-electron chi connectivity index (χ1n) is 5.94. The first-order valence-corrected chi connectivity index (χ1v) is 5.94. The van der Waals surface area contributed by atoms with Gasteiger partial charge in [0.25, 0.3) is 0 Å². The van der Waals surface area contributed by atoms with E-state index in [4.69, 9.17) is 9.84 Å². The summed E-state index contributed by atoms with van der Waals surface area (Å²) >= 11 is 0. The zero-order valence-electron chi connectivity index (χ0n) is 10.7. The SMILES string of the molecule is CCc1cc(CC(C)CC(=O)O)ccc1OC. The quantitative estimate of drug-likeness (QED) is 0.826. The average molecular weight is 236 g/mol. The van der Waals surface area contributed by atoms with Crippen molar-refractivity contribution < 1.29 is 14.6 Å². The van der Waals surface area contributed by atoms with Gasteiger partial charge in [0.1, 0.15) is 5.75 Å². The molecule has 0 amide bonds. The first-order chi connectivity index (χ1) is 8.06. The van der Waals surface area contributed by atoms with Crippen molar-refractivity contribution in [3.63, 3.8) is 0 Å². The maximum absolute atomic E-state index is 10.6. The highest BCUT2D eigenvalue weighted by atomic mass is 16.5. The average Bonchev–Trinajstić information content (AvgIpc) is 2.27. The van der Waals surface area contributed by atoms with Gasteiger partial charge in [-0.1, -0.05) is 26.0 Å². The lowest BCUT2D eigenvalue weighted by molar-refractivity contribution is -0.137. The van der Waals surface area contributed by atoms with Crippen LogP contribution < -0.4 is 4.74 Å². The van der Waals surface area contributed by atoms with Crippen LogP contribution in [0.5, 0.6) is 5.75 Å². The van der Waals surface area contributed by atoms with Crippen LogP contribution in [-0.2, 0) is 17.6 Å². The predicted molar refractivity (Wildman–Crippen MR) is 67.5 cm³/mol. The lowest BCUT2D eigenvalue weighted by Crippen LogP contribution is -2.07. The van der Waals surface area contributed by atoms with Gasteiger partial charge in [0.2, 0.25) is 0 Å². The normalized spacial score (nSPS) is 12.2. The van der Waals surface area contributed by atoms with E-state index in [0.717, 1.165) is 18.6 Å². The molecule has 0 aliphatic heterocycles. The minimum Gasteiger partial charge on any atom is -0.496 e. The van der Waals surface area contributed by atoms with Gasteiger partial charge in [-0.3, -0.25) is 4.79 Å². The van der Waals surface area contributed by atoms with E-state index in [9.17, 15) is 4.79 Å². The van der Waals surface area contributed by atoms with E-state index in [0.29, 0.717) is 0 Å². The Morgan fingerprint density at radius 2 is 2.18 bits per heavy atom. The van der Waals surface area contributed by atoms with E-state index < -0.39 is 5.97 Å². The molecule has 0 heterocycles. The molecule has 17 heavy (non-hydrogen) atoms. The van der Waals surface area contributed by atoms with E-state index in [2.05, 4.69) is 13.0 Å². The summed E-state index contributed by atoms with van der Waals surface area (Å²) in [4.78, 5) is 10.6. The van der Waals surface area contributed by atoms with E-state index in [1.165, 1.54) is 11.1 Å². The van der Waals surface area contributed by atoms with E-state index in [1.807, 2.05) is 19.1 Å². The molecule has 1 aromatic rings. The molecule has 0 radical (unpaired) electrons. The molecule has 1 atom stereocenters. The van der Waals surface area contributed by atoms with Crippen molar-refractivity contribution in [2.24, 2.45) is 5.92 Å². The second-order valence-electron chi connectivity index (χ2n) is 4.41. The number of carboxylic acids is 1. The van der Waals surface area contributed by atoms with E-state index >= 15 is 0 Å². The molecule has 0 saturated heterocycles. The summed E-state index contributed by atoms with van der Waals surface area (Å²) < 4.78 is 5.27. The van der Waals surface area contributed by atoms with Crippen molar-refractivity contribution in [3.05, 3.63) is 29.3 Å². The van der Waals surface area contributed by atoms with Crippen LogP contribution in [0.3, 0.4) is 0 Å². The number of carbonyl (C=O) groups is 1. The number of hydrogen-bond acceptors (Lipinski definition) is 2. The van der Waals surface area contributed by atoms with E-state index in [1.54, 1.807) is 7.11 Å². The van der Waals surface area contributed by atoms with Crippen LogP contribution in [0.25, 0.3) is 0 Å². The van der Waals surface area contributed by atoms with Crippen LogP contribution in [0.4, 0.5) is 0 Å². The van der Waals surface area contributed by atoms with Gasteiger partial charge in [0.05, 0.1) is 7.11 Å². The summed E-state index contributed by atoms with van der Waals surface area (Å²) in [6, 6.07) is 6.08. The summed E-state index contributed by atoms with van der Waals surface area (Å²) in [6.07, 6.45) is 1.93. The minimum atomic E-state index is -0.735. The Kier molecular flexibility index (Phi) is 5.01. The standard InChI is InChI=1S/C14H20O3/c1-4-12-9-11(5-6-13(12)17-3)7-10(2)8-14(15)16/h5-6,9-10H,4,7-8H2,1-3H3,(H,15,16). The predicted octanol–water partition coefficient (Wildman–Crippen LogP) is 2.91. The molecular formula is C14H20O3. The molecular weight excluding hydrogens is 216 g/mol. The first kappa shape index (κ1) is 13.6. The Bertz CT molecular complexity index is 385. The van der Waals surface area contributed by atoms with Gasteiger partial charge in [-0.05, 0) is 36.0 Å². The molecule has 3 nitrogen and oxygen atoms in total. The molecule has 0 aliphatic rings. The third-order valence-corrected chi connectivity index (χ3v) is 2.83. The van der Waals surface area contributed by atoms with Gasteiger partial charge in [-0.2, -0.15) is 0 Å². The van der Waals surface area contributed by atoms with Crippen molar-refractivity contribution in [2.75, 3.05) is 7.11 Å². The van der Waals surface area contributed by atoms with Gasteiger partial charge in [0.15, 0.2) is 0 Å². The van der Waals surface area contributed by atoms with Gasteiger partial charge < -0.3 is 9.84 Å². The highest BCUT2D eigenvalue weighted by molar-refractivity contribution is 5.67. The highest BCUT2D eigenvalue weighted by Crippen LogP contribution is 2.22. The molecule has 0 aliphatic carbocycles. The molecule has 1 aromatic carbocycles. The topological polar surface area (TPSA) is 46.5 Å². The number of benzene rings is 1. The second kappa shape index (κ2) is 6.28. The second-order valence-corrected chi connectivity index (χ2v) is 4.41. The van der Waals surface area contributed by atoms with Crippen molar-refractivity contribution in [2.45, 2.75) is 33.1 Å². The van der Waals surface area contributed by atoms with Gasteiger partial charge in [-0.15, -0.1) is 0 Å². The summed E-state index contributed by atoms with van der Waals surface area (Å²) in [5.41, 5.74) is 2.35. The van der Waals surface area contributed by atoms with Crippen LogP contribution >= 0.6 is 0 Å². The van der Waals surface area contributed by atoms with Crippen molar-refractivity contribution in [1.82, 2.24) is 0 Å². The van der Waals surface area contributed by atoms with Crippen LogP contribution in [0.2, 0.25) is 0 Å². The third-order valence-electron chi connectivity index (χ3n) is 2.83. The smallest absolute Gasteiger partial charge is 0.303 e. The zero-order chi connectivity index (χ0) is 12.8. The summed E-state index contributed by atoms with van der Waals surface area (Å²) in [6.45, 7) is 4.05. The number of ether oxygens (including phenoxy) is 1. The summed E-state index contributed by atoms with van der Waals surface area (Å²) in [5, 5.41) is 8.72. The third kappa shape index (κ3) is 4.10. The fraction of sp³-hybridized carbons (Fsp3) is 0.500. The zero-order valence-corrected chi connectivity index (χ0v) is 10.7. The number of hydrogen-bond donors (Lipinski definition) is 1. The maximum Gasteiger partial charge on any atom is 0.303 e. The number of methoxy groups -OCH3 is 1. The minimum absolute atomic E-state index is 0.158. The van der Waals surface area contributed by atoms with Gasteiger partial charge in [0, 0.05) is 6.42 Å². The van der Waals surface area contributed by atoms with Crippen LogP contribution in [0.1, 0.15) is 31.4 Å².